The standard InChI is InChI=1S/C16H24O3/c1-9-7-10(2)11(3)15(8-9)16(14(6)17)18-12(4)13(5)19-16/h7-8,10-13H,1-6H3/t10?,11?,12-,13+,16?. The van der Waals surface area contributed by atoms with E-state index >= 15 is 0 Å². The van der Waals surface area contributed by atoms with Crippen molar-refractivity contribution in [3.05, 3.63) is 23.3 Å². The summed E-state index contributed by atoms with van der Waals surface area (Å²) in [5.74, 6) is -0.620. The van der Waals surface area contributed by atoms with Crippen molar-refractivity contribution in [1.82, 2.24) is 0 Å². The first-order chi connectivity index (χ1) is 8.78. The Hall–Kier alpha value is -0.930. The van der Waals surface area contributed by atoms with E-state index in [1.54, 1.807) is 6.92 Å². The van der Waals surface area contributed by atoms with Crippen molar-refractivity contribution in [1.29, 1.82) is 0 Å². The number of hydrogen-bond acceptors (Lipinski definition) is 3. The molecule has 2 rings (SSSR count). The van der Waals surface area contributed by atoms with Crippen LogP contribution >= 0.6 is 0 Å². The first kappa shape index (κ1) is 14.5. The Morgan fingerprint density at radius 1 is 1.16 bits per heavy atom. The van der Waals surface area contributed by atoms with Crippen LogP contribution in [0.3, 0.4) is 0 Å². The van der Waals surface area contributed by atoms with Crippen LogP contribution in [0.2, 0.25) is 0 Å². The molecule has 3 heteroatoms. The summed E-state index contributed by atoms with van der Waals surface area (Å²) in [6.45, 7) is 11.8. The Balaban J connectivity index is 2.47. The summed E-state index contributed by atoms with van der Waals surface area (Å²) < 4.78 is 11.9. The maximum atomic E-state index is 12.2. The number of carbonyl (C=O) groups is 1. The molecular weight excluding hydrogens is 240 g/mol. The molecule has 1 aliphatic carbocycles. The number of ether oxygens (including phenoxy) is 2. The Bertz CT molecular complexity index is 437. The fourth-order valence-electron chi connectivity index (χ4n) is 2.91. The summed E-state index contributed by atoms with van der Waals surface area (Å²) in [5.41, 5.74) is 2.13. The number of carbonyl (C=O) groups excluding carboxylic acids is 1. The molecule has 0 spiro atoms. The van der Waals surface area contributed by atoms with Crippen molar-refractivity contribution < 1.29 is 14.3 Å². The van der Waals surface area contributed by atoms with Crippen molar-refractivity contribution in [2.45, 2.75) is 59.5 Å². The molecule has 0 radical (unpaired) electrons. The van der Waals surface area contributed by atoms with Gasteiger partial charge in [0.25, 0.3) is 5.79 Å². The summed E-state index contributed by atoms with van der Waals surface area (Å²) >= 11 is 0. The molecule has 0 amide bonds. The van der Waals surface area contributed by atoms with Crippen molar-refractivity contribution in [3.8, 4) is 0 Å². The highest BCUT2D eigenvalue weighted by Gasteiger charge is 2.52. The Morgan fingerprint density at radius 2 is 1.68 bits per heavy atom. The Morgan fingerprint density at radius 3 is 2.16 bits per heavy atom. The topological polar surface area (TPSA) is 35.5 Å². The van der Waals surface area contributed by atoms with Crippen LogP contribution in [0.5, 0.6) is 0 Å². The van der Waals surface area contributed by atoms with E-state index in [1.165, 1.54) is 5.57 Å². The summed E-state index contributed by atoms with van der Waals surface area (Å²) in [4.78, 5) is 12.2. The van der Waals surface area contributed by atoms with Crippen LogP contribution in [0.25, 0.3) is 0 Å². The zero-order chi connectivity index (χ0) is 14.4. The van der Waals surface area contributed by atoms with Crippen LogP contribution < -0.4 is 0 Å². The van der Waals surface area contributed by atoms with E-state index in [2.05, 4.69) is 32.9 Å². The molecule has 3 nitrogen and oxygen atoms in total. The average Bonchev–Trinajstić information content (AvgIpc) is 2.61. The normalized spacial score (nSPS) is 42.8. The lowest BCUT2D eigenvalue weighted by atomic mass is 9.78. The van der Waals surface area contributed by atoms with Gasteiger partial charge in [0.2, 0.25) is 0 Å². The monoisotopic (exact) mass is 264 g/mol. The molecule has 0 saturated carbocycles. The van der Waals surface area contributed by atoms with E-state index in [0.29, 0.717) is 5.92 Å². The minimum Gasteiger partial charge on any atom is -0.334 e. The zero-order valence-corrected chi connectivity index (χ0v) is 12.7. The number of allylic oxidation sites excluding steroid dienone is 3. The minimum absolute atomic E-state index is 0.0660. The molecule has 3 unspecified atom stereocenters. The zero-order valence-electron chi connectivity index (χ0n) is 12.7. The first-order valence-electron chi connectivity index (χ1n) is 7.05. The number of hydrogen-bond donors (Lipinski definition) is 0. The summed E-state index contributed by atoms with van der Waals surface area (Å²) in [6, 6.07) is 0. The maximum Gasteiger partial charge on any atom is 0.253 e. The lowest BCUT2D eigenvalue weighted by Crippen LogP contribution is -2.44. The van der Waals surface area contributed by atoms with Gasteiger partial charge in [0.15, 0.2) is 5.78 Å². The number of ketones is 1. The van der Waals surface area contributed by atoms with Crippen molar-refractivity contribution in [2.24, 2.45) is 11.8 Å². The SMILES string of the molecule is CC(=O)C1(C2=CC(C)=CC(C)C2C)O[C@@H](C)[C@@H](C)O1. The second-order valence-electron chi connectivity index (χ2n) is 5.98. The maximum absolute atomic E-state index is 12.2. The van der Waals surface area contributed by atoms with Crippen molar-refractivity contribution in [2.75, 3.05) is 0 Å². The molecule has 1 aliphatic heterocycles. The molecule has 0 N–H and O–H groups in total. The Labute approximate surface area is 115 Å². The highest BCUT2D eigenvalue weighted by atomic mass is 16.8. The molecule has 1 saturated heterocycles. The third-order valence-corrected chi connectivity index (χ3v) is 4.40. The highest BCUT2D eigenvalue weighted by Crippen LogP contribution is 2.43. The van der Waals surface area contributed by atoms with Gasteiger partial charge in [-0.1, -0.05) is 31.6 Å². The van der Waals surface area contributed by atoms with Gasteiger partial charge in [-0.15, -0.1) is 0 Å². The third-order valence-electron chi connectivity index (χ3n) is 4.40. The van der Waals surface area contributed by atoms with E-state index in [9.17, 15) is 4.79 Å². The predicted octanol–water partition coefficient (Wildman–Crippen LogP) is 3.25. The largest absolute Gasteiger partial charge is 0.334 e. The minimum atomic E-state index is -1.18. The fourth-order valence-corrected chi connectivity index (χ4v) is 2.91. The second kappa shape index (κ2) is 4.88. The van der Waals surface area contributed by atoms with Gasteiger partial charge in [-0.05, 0) is 32.6 Å². The van der Waals surface area contributed by atoms with Gasteiger partial charge >= 0.3 is 0 Å². The van der Waals surface area contributed by atoms with Crippen LogP contribution in [0, 0.1) is 11.8 Å². The molecule has 5 atom stereocenters. The van der Waals surface area contributed by atoms with Crippen LogP contribution in [0.1, 0.15) is 41.5 Å². The molecule has 19 heavy (non-hydrogen) atoms. The van der Waals surface area contributed by atoms with Gasteiger partial charge in [0, 0.05) is 12.5 Å². The predicted molar refractivity (Wildman–Crippen MR) is 74.7 cm³/mol. The molecule has 0 aromatic rings. The van der Waals surface area contributed by atoms with E-state index in [4.69, 9.17) is 9.47 Å². The van der Waals surface area contributed by atoms with Gasteiger partial charge in [-0.3, -0.25) is 4.79 Å². The van der Waals surface area contributed by atoms with E-state index in [0.717, 1.165) is 5.57 Å². The molecular formula is C16H24O3. The first-order valence-corrected chi connectivity index (χ1v) is 7.05. The van der Waals surface area contributed by atoms with Crippen LogP contribution in [-0.4, -0.2) is 23.8 Å². The van der Waals surface area contributed by atoms with Crippen LogP contribution in [0.4, 0.5) is 0 Å². The molecule has 1 heterocycles. The summed E-state index contributed by atoms with van der Waals surface area (Å²) in [7, 11) is 0. The van der Waals surface area contributed by atoms with E-state index < -0.39 is 5.79 Å². The number of rotatable bonds is 2. The fraction of sp³-hybridized carbons (Fsp3) is 0.688. The lowest BCUT2D eigenvalue weighted by Gasteiger charge is -2.36. The molecule has 2 aliphatic rings. The van der Waals surface area contributed by atoms with Crippen molar-refractivity contribution in [3.63, 3.8) is 0 Å². The van der Waals surface area contributed by atoms with Crippen LogP contribution in [-0.2, 0) is 14.3 Å². The highest BCUT2D eigenvalue weighted by molar-refractivity contribution is 5.87. The van der Waals surface area contributed by atoms with Gasteiger partial charge in [-0.2, -0.15) is 0 Å². The van der Waals surface area contributed by atoms with E-state index in [-0.39, 0.29) is 23.9 Å². The molecule has 1 fully saturated rings. The van der Waals surface area contributed by atoms with Crippen LogP contribution in [0.15, 0.2) is 23.3 Å². The smallest absolute Gasteiger partial charge is 0.253 e. The quantitative estimate of drug-likeness (QED) is 0.768. The number of Topliss-reactive ketones (excluding diaryl/α,β-unsaturated/α-hetero) is 1. The molecule has 0 aromatic carbocycles. The second-order valence-corrected chi connectivity index (χ2v) is 5.98. The molecule has 0 bridgehead atoms. The summed E-state index contributed by atoms with van der Waals surface area (Å²) in [6.07, 6.45) is 4.14. The van der Waals surface area contributed by atoms with Gasteiger partial charge in [0.1, 0.15) is 0 Å². The van der Waals surface area contributed by atoms with E-state index in [1.807, 2.05) is 13.8 Å². The molecule has 106 valence electrons. The Kier molecular flexibility index (Phi) is 3.72. The lowest BCUT2D eigenvalue weighted by molar-refractivity contribution is -0.174. The van der Waals surface area contributed by atoms with Gasteiger partial charge in [0.05, 0.1) is 12.2 Å². The third kappa shape index (κ3) is 2.30. The van der Waals surface area contributed by atoms with Gasteiger partial charge in [-0.25, -0.2) is 0 Å². The van der Waals surface area contributed by atoms with Crippen molar-refractivity contribution >= 4 is 5.78 Å². The summed E-state index contributed by atoms with van der Waals surface area (Å²) in [5, 5.41) is 0. The van der Waals surface area contributed by atoms with Gasteiger partial charge < -0.3 is 9.47 Å². The molecule has 0 aromatic heterocycles. The average molecular weight is 264 g/mol.